The summed E-state index contributed by atoms with van der Waals surface area (Å²) in [4.78, 5) is 16.6. The maximum atomic E-state index is 11.7. The minimum Gasteiger partial charge on any atom is -0.382 e. The van der Waals surface area contributed by atoms with Crippen molar-refractivity contribution in [1.82, 2.24) is 9.79 Å². The Morgan fingerprint density at radius 1 is 1.33 bits per heavy atom. The molecule has 0 bridgehead atoms. The number of carbonyl (C=O) groups excluding carboxylic acids is 1. The highest BCUT2D eigenvalue weighted by atomic mass is 32.2. The number of piperidine rings is 1. The molecule has 0 spiro atoms. The number of rotatable bonds is 6. The van der Waals surface area contributed by atoms with Gasteiger partial charge in [-0.2, -0.15) is 0 Å². The Kier molecular flexibility index (Phi) is 6.00. The Morgan fingerprint density at radius 3 is 2.44 bits per heavy atom. The third-order valence-corrected chi connectivity index (χ3v) is 4.16. The van der Waals surface area contributed by atoms with E-state index in [4.69, 9.17) is 9.57 Å². The predicted molar refractivity (Wildman–Crippen MR) is 65.1 cm³/mol. The van der Waals surface area contributed by atoms with Gasteiger partial charge in [0.1, 0.15) is 0 Å². The van der Waals surface area contributed by atoms with Crippen molar-refractivity contribution in [3.8, 4) is 0 Å². The van der Waals surface area contributed by atoms with Gasteiger partial charge in [-0.1, -0.05) is 0 Å². The summed E-state index contributed by atoms with van der Waals surface area (Å²) in [5.41, 5.74) is 2.35. The van der Waals surface area contributed by atoms with E-state index in [0.29, 0.717) is 39.1 Å². The zero-order valence-corrected chi connectivity index (χ0v) is 11.5. The average molecular weight is 280 g/mol. The number of hydrogen-bond acceptors (Lipinski definition) is 5. The van der Waals surface area contributed by atoms with Gasteiger partial charge in [-0.25, -0.2) is 18.2 Å². The SMILES string of the molecule is COCCONC(=O)C1CCN(S(C)(=O)=O)CC1. The van der Waals surface area contributed by atoms with Crippen LogP contribution in [0.2, 0.25) is 0 Å². The lowest BCUT2D eigenvalue weighted by molar-refractivity contribution is -0.139. The van der Waals surface area contributed by atoms with Gasteiger partial charge in [0.15, 0.2) is 0 Å². The lowest BCUT2D eigenvalue weighted by atomic mass is 9.98. The second-order valence-electron chi connectivity index (χ2n) is 4.24. The van der Waals surface area contributed by atoms with Crippen LogP contribution in [0.25, 0.3) is 0 Å². The van der Waals surface area contributed by atoms with E-state index in [1.54, 1.807) is 7.11 Å². The smallest absolute Gasteiger partial charge is 0.246 e. The predicted octanol–water partition coefficient (Wildman–Crippen LogP) is -0.648. The summed E-state index contributed by atoms with van der Waals surface area (Å²) in [5, 5.41) is 0. The number of sulfonamides is 1. The lowest BCUT2D eigenvalue weighted by Gasteiger charge is -2.29. The van der Waals surface area contributed by atoms with E-state index in [2.05, 4.69) is 5.48 Å². The molecular formula is C10H20N2O5S. The summed E-state index contributed by atoms with van der Waals surface area (Å²) in [6, 6.07) is 0. The Labute approximate surface area is 107 Å². The Bertz CT molecular complexity index is 362. The molecule has 0 saturated carbocycles. The molecule has 106 valence electrons. The molecule has 0 aromatic heterocycles. The molecule has 1 fully saturated rings. The fraction of sp³-hybridized carbons (Fsp3) is 0.900. The number of carbonyl (C=O) groups is 1. The maximum Gasteiger partial charge on any atom is 0.246 e. The van der Waals surface area contributed by atoms with Crippen molar-refractivity contribution in [2.24, 2.45) is 5.92 Å². The van der Waals surface area contributed by atoms with E-state index >= 15 is 0 Å². The van der Waals surface area contributed by atoms with E-state index in [9.17, 15) is 13.2 Å². The molecule has 7 nitrogen and oxygen atoms in total. The molecule has 1 aliphatic rings. The fourth-order valence-electron chi connectivity index (χ4n) is 1.78. The molecule has 18 heavy (non-hydrogen) atoms. The lowest BCUT2D eigenvalue weighted by Crippen LogP contribution is -2.42. The fourth-order valence-corrected chi connectivity index (χ4v) is 2.65. The van der Waals surface area contributed by atoms with Crippen LogP contribution in [0.1, 0.15) is 12.8 Å². The topological polar surface area (TPSA) is 84.9 Å². The maximum absolute atomic E-state index is 11.7. The quantitative estimate of drug-likeness (QED) is 0.516. The van der Waals surface area contributed by atoms with Crippen molar-refractivity contribution >= 4 is 15.9 Å². The first kappa shape index (κ1) is 15.4. The van der Waals surface area contributed by atoms with Gasteiger partial charge in [0.05, 0.1) is 19.5 Å². The van der Waals surface area contributed by atoms with Crippen molar-refractivity contribution in [3.05, 3.63) is 0 Å². The molecule has 0 aliphatic carbocycles. The van der Waals surface area contributed by atoms with Crippen molar-refractivity contribution in [3.63, 3.8) is 0 Å². The Balaban J connectivity index is 2.28. The van der Waals surface area contributed by atoms with Gasteiger partial charge in [0.25, 0.3) is 0 Å². The van der Waals surface area contributed by atoms with Crippen LogP contribution in [0.4, 0.5) is 0 Å². The molecule has 0 aromatic carbocycles. The molecule has 0 radical (unpaired) electrons. The van der Waals surface area contributed by atoms with E-state index in [-0.39, 0.29) is 11.8 Å². The molecule has 1 aliphatic heterocycles. The minimum atomic E-state index is -3.15. The number of methoxy groups -OCH3 is 1. The van der Waals surface area contributed by atoms with E-state index in [1.807, 2.05) is 0 Å². The molecule has 1 saturated heterocycles. The third-order valence-electron chi connectivity index (χ3n) is 2.86. The average Bonchev–Trinajstić information content (AvgIpc) is 2.33. The molecule has 1 amide bonds. The van der Waals surface area contributed by atoms with Crippen LogP contribution in [-0.2, 0) is 24.4 Å². The number of amides is 1. The van der Waals surface area contributed by atoms with Gasteiger partial charge in [0.2, 0.25) is 15.9 Å². The largest absolute Gasteiger partial charge is 0.382 e. The summed E-state index contributed by atoms with van der Waals surface area (Å²) < 4.78 is 28.7. The molecule has 0 aromatic rings. The first-order valence-corrected chi connectivity index (χ1v) is 7.65. The minimum absolute atomic E-state index is 0.189. The Hall–Kier alpha value is -0.700. The van der Waals surface area contributed by atoms with Gasteiger partial charge in [0, 0.05) is 26.1 Å². The van der Waals surface area contributed by atoms with Crippen LogP contribution in [-0.4, -0.2) is 58.3 Å². The highest BCUT2D eigenvalue weighted by Gasteiger charge is 2.28. The molecule has 1 N–H and O–H groups in total. The van der Waals surface area contributed by atoms with Crippen molar-refractivity contribution in [2.75, 3.05) is 39.7 Å². The summed E-state index contributed by atoms with van der Waals surface area (Å²) in [5.74, 6) is -0.384. The highest BCUT2D eigenvalue weighted by molar-refractivity contribution is 7.88. The molecular weight excluding hydrogens is 260 g/mol. The zero-order valence-electron chi connectivity index (χ0n) is 10.7. The van der Waals surface area contributed by atoms with E-state index in [0.717, 1.165) is 0 Å². The number of nitrogens with one attached hydrogen (secondary N) is 1. The monoisotopic (exact) mass is 280 g/mol. The van der Waals surface area contributed by atoms with Gasteiger partial charge in [-0.15, -0.1) is 0 Å². The first-order chi connectivity index (χ1) is 8.45. The molecule has 8 heteroatoms. The first-order valence-electron chi connectivity index (χ1n) is 5.81. The summed E-state index contributed by atoms with van der Waals surface area (Å²) in [6.45, 7) is 1.47. The molecule has 1 rings (SSSR count). The van der Waals surface area contributed by atoms with Gasteiger partial charge in [-0.05, 0) is 12.8 Å². The molecule has 0 unspecified atom stereocenters. The van der Waals surface area contributed by atoms with Crippen LogP contribution in [0, 0.1) is 5.92 Å². The van der Waals surface area contributed by atoms with Gasteiger partial charge in [-0.3, -0.25) is 9.63 Å². The number of hydrogen-bond donors (Lipinski definition) is 1. The van der Waals surface area contributed by atoms with Crippen LogP contribution >= 0.6 is 0 Å². The van der Waals surface area contributed by atoms with Gasteiger partial charge >= 0.3 is 0 Å². The normalized spacial score (nSPS) is 18.8. The standard InChI is InChI=1S/C10H20N2O5S/c1-16-7-8-17-11-10(13)9-3-5-12(6-4-9)18(2,14)15/h9H,3-8H2,1-2H3,(H,11,13). The van der Waals surface area contributed by atoms with Crippen molar-refractivity contribution < 1.29 is 22.8 Å². The second-order valence-corrected chi connectivity index (χ2v) is 6.23. The van der Waals surface area contributed by atoms with Crippen molar-refractivity contribution in [2.45, 2.75) is 12.8 Å². The number of nitrogens with zero attached hydrogens (tertiary/aromatic N) is 1. The summed E-state index contributed by atoms with van der Waals surface area (Å²) >= 11 is 0. The highest BCUT2D eigenvalue weighted by Crippen LogP contribution is 2.19. The van der Waals surface area contributed by atoms with Crippen LogP contribution in [0.5, 0.6) is 0 Å². The number of hydroxylamine groups is 1. The molecule has 0 atom stereocenters. The van der Waals surface area contributed by atoms with E-state index in [1.165, 1.54) is 10.6 Å². The van der Waals surface area contributed by atoms with Crippen LogP contribution in [0.15, 0.2) is 0 Å². The summed E-state index contributed by atoms with van der Waals surface area (Å²) in [7, 11) is -1.60. The second kappa shape index (κ2) is 7.03. The van der Waals surface area contributed by atoms with E-state index < -0.39 is 10.0 Å². The van der Waals surface area contributed by atoms with Crippen molar-refractivity contribution in [1.29, 1.82) is 0 Å². The van der Waals surface area contributed by atoms with Crippen LogP contribution < -0.4 is 5.48 Å². The summed E-state index contributed by atoms with van der Waals surface area (Å²) in [6.07, 6.45) is 2.22. The molecule has 1 heterocycles. The Morgan fingerprint density at radius 2 is 1.94 bits per heavy atom. The van der Waals surface area contributed by atoms with Crippen LogP contribution in [0.3, 0.4) is 0 Å². The number of ether oxygens (including phenoxy) is 1. The third kappa shape index (κ3) is 4.89. The van der Waals surface area contributed by atoms with Gasteiger partial charge < -0.3 is 4.74 Å². The zero-order chi connectivity index (χ0) is 13.6.